The molecular weight excluding hydrogens is 388 g/mol. The number of carbonyl (C=O) groups is 1. The summed E-state index contributed by atoms with van der Waals surface area (Å²) in [6, 6.07) is 10.4. The number of hydrogen-bond acceptors (Lipinski definition) is 5. The second-order valence-electron chi connectivity index (χ2n) is 8.38. The van der Waals surface area contributed by atoms with E-state index in [1.54, 1.807) is 12.5 Å². The molecule has 1 aromatic carbocycles. The van der Waals surface area contributed by atoms with Crippen LogP contribution in [0.4, 0.5) is 5.82 Å². The van der Waals surface area contributed by atoms with E-state index in [-0.39, 0.29) is 5.91 Å². The van der Waals surface area contributed by atoms with Crippen molar-refractivity contribution >= 4 is 22.8 Å². The lowest BCUT2D eigenvalue weighted by Gasteiger charge is -2.20. The summed E-state index contributed by atoms with van der Waals surface area (Å²) < 4.78 is 1.83. The van der Waals surface area contributed by atoms with E-state index in [0.717, 1.165) is 42.2 Å². The van der Waals surface area contributed by atoms with Crippen LogP contribution in [0.5, 0.6) is 0 Å². The predicted molar refractivity (Wildman–Crippen MR) is 123 cm³/mol. The molecule has 164 valence electrons. The fourth-order valence-electron chi connectivity index (χ4n) is 4.37. The Bertz CT molecular complexity index is 965. The molecule has 7 nitrogen and oxygen atoms in total. The lowest BCUT2D eigenvalue weighted by molar-refractivity contribution is -0.121. The monoisotopic (exact) mass is 420 g/mol. The average molecular weight is 421 g/mol. The summed E-state index contributed by atoms with van der Waals surface area (Å²) in [5.74, 6) is 1.67. The molecule has 2 N–H and O–H groups in total. The number of hydrogen-bond donors (Lipinski definition) is 2. The fraction of sp³-hybridized carbons (Fsp3) is 0.500. The summed E-state index contributed by atoms with van der Waals surface area (Å²) in [4.78, 5) is 21.0. The predicted octanol–water partition coefficient (Wildman–Crippen LogP) is 3.96. The highest BCUT2D eigenvalue weighted by molar-refractivity contribution is 5.86. The van der Waals surface area contributed by atoms with Crippen molar-refractivity contribution in [2.45, 2.75) is 57.9 Å². The number of rotatable bonds is 10. The van der Waals surface area contributed by atoms with E-state index in [2.05, 4.69) is 50.0 Å². The second-order valence-corrected chi connectivity index (χ2v) is 8.38. The van der Waals surface area contributed by atoms with Crippen LogP contribution in [-0.2, 0) is 17.8 Å². The zero-order chi connectivity index (χ0) is 21.3. The number of nitrogens with one attached hydrogen (secondary N) is 2. The van der Waals surface area contributed by atoms with Crippen molar-refractivity contribution in [3.63, 3.8) is 0 Å². The first kappa shape index (κ1) is 21.3. The van der Waals surface area contributed by atoms with E-state index in [1.165, 1.54) is 37.7 Å². The lowest BCUT2D eigenvalue weighted by atomic mass is 9.86. The Morgan fingerprint density at radius 1 is 1.06 bits per heavy atom. The highest BCUT2D eigenvalue weighted by Crippen LogP contribution is 2.27. The maximum atomic E-state index is 12.2. The third-order valence-electron chi connectivity index (χ3n) is 6.13. The Hall–Kier alpha value is -2.96. The first-order valence-corrected chi connectivity index (χ1v) is 11.5. The van der Waals surface area contributed by atoms with E-state index < -0.39 is 0 Å². The first-order valence-electron chi connectivity index (χ1n) is 11.5. The topological polar surface area (TPSA) is 84.7 Å². The molecule has 2 aromatic heterocycles. The van der Waals surface area contributed by atoms with Crippen LogP contribution in [0.25, 0.3) is 11.0 Å². The Morgan fingerprint density at radius 2 is 1.90 bits per heavy atom. The van der Waals surface area contributed by atoms with Crippen LogP contribution in [0.2, 0.25) is 0 Å². The van der Waals surface area contributed by atoms with Crippen molar-refractivity contribution in [1.29, 1.82) is 0 Å². The SMILES string of the molecule is O=C(CCC1CCCCC1)NCCn1ncc2c(NCCc3ccccc3)ncnc21. The molecule has 0 saturated heterocycles. The second kappa shape index (κ2) is 10.9. The molecule has 2 heterocycles. The van der Waals surface area contributed by atoms with Gasteiger partial charge in [0.2, 0.25) is 5.91 Å². The van der Waals surface area contributed by atoms with E-state index in [4.69, 9.17) is 0 Å². The maximum absolute atomic E-state index is 12.2. The molecule has 31 heavy (non-hydrogen) atoms. The minimum atomic E-state index is 0.139. The quantitative estimate of drug-likeness (QED) is 0.519. The molecule has 0 radical (unpaired) electrons. The van der Waals surface area contributed by atoms with Gasteiger partial charge in [0, 0.05) is 19.5 Å². The van der Waals surface area contributed by atoms with Gasteiger partial charge < -0.3 is 10.6 Å². The van der Waals surface area contributed by atoms with Gasteiger partial charge in [0.05, 0.1) is 18.1 Å². The summed E-state index contributed by atoms with van der Waals surface area (Å²) in [6.45, 7) is 1.94. The third kappa shape index (κ3) is 6.03. The van der Waals surface area contributed by atoms with Crippen molar-refractivity contribution < 1.29 is 4.79 Å². The zero-order valence-electron chi connectivity index (χ0n) is 18.1. The number of anilines is 1. The number of amides is 1. The molecule has 4 rings (SSSR count). The molecule has 0 atom stereocenters. The van der Waals surface area contributed by atoms with Crippen molar-refractivity contribution in [1.82, 2.24) is 25.1 Å². The van der Waals surface area contributed by atoms with E-state index in [9.17, 15) is 4.79 Å². The van der Waals surface area contributed by atoms with Crippen LogP contribution in [0.15, 0.2) is 42.9 Å². The standard InChI is InChI=1S/C24H32N6O/c31-22(12-11-19-7-3-1-4-8-19)25-15-16-30-24-21(17-29-30)23(27-18-28-24)26-14-13-20-9-5-2-6-10-20/h2,5-6,9-10,17-19H,1,3-4,7-8,11-16H2,(H,25,31)(H,26,27,28). The van der Waals surface area contributed by atoms with Crippen molar-refractivity contribution in [3.8, 4) is 0 Å². The smallest absolute Gasteiger partial charge is 0.220 e. The molecule has 3 aromatic rings. The van der Waals surface area contributed by atoms with Crippen LogP contribution in [0, 0.1) is 5.92 Å². The minimum Gasteiger partial charge on any atom is -0.369 e. The van der Waals surface area contributed by atoms with E-state index in [0.29, 0.717) is 19.5 Å². The van der Waals surface area contributed by atoms with Gasteiger partial charge >= 0.3 is 0 Å². The molecular formula is C24H32N6O. The molecule has 1 aliphatic carbocycles. The molecule has 7 heteroatoms. The Labute approximate surface area is 183 Å². The summed E-state index contributed by atoms with van der Waals surface area (Å²) in [6.07, 6.45) is 12.5. The minimum absolute atomic E-state index is 0.139. The molecule has 1 aliphatic rings. The molecule has 0 bridgehead atoms. The number of benzene rings is 1. The number of nitrogens with zero attached hydrogens (tertiary/aromatic N) is 4. The highest BCUT2D eigenvalue weighted by Gasteiger charge is 2.15. The largest absolute Gasteiger partial charge is 0.369 e. The normalized spacial score (nSPS) is 14.6. The molecule has 0 spiro atoms. The van der Waals surface area contributed by atoms with E-state index >= 15 is 0 Å². The average Bonchev–Trinajstić information content (AvgIpc) is 3.23. The third-order valence-corrected chi connectivity index (χ3v) is 6.13. The Morgan fingerprint density at radius 3 is 2.74 bits per heavy atom. The van der Waals surface area contributed by atoms with Gasteiger partial charge in [-0.05, 0) is 24.3 Å². The Balaban J connectivity index is 1.25. The maximum Gasteiger partial charge on any atom is 0.220 e. The van der Waals surface area contributed by atoms with Crippen LogP contribution in [-0.4, -0.2) is 38.7 Å². The van der Waals surface area contributed by atoms with Crippen LogP contribution in [0.3, 0.4) is 0 Å². The van der Waals surface area contributed by atoms with Crippen molar-refractivity contribution in [2.75, 3.05) is 18.4 Å². The van der Waals surface area contributed by atoms with Gasteiger partial charge in [-0.1, -0.05) is 62.4 Å². The molecule has 0 unspecified atom stereocenters. The molecule has 1 amide bonds. The lowest BCUT2D eigenvalue weighted by Crippen LogP contribution is -2.28. The fourth-order valence-corrected chi connectivity index (χ4v) is 4.37. The van der Waals surface area contributed by atoms with Crippen LogP contribution >= 0.6 is 0 Å². The molecule has 0 aliphatic heterocycles. The first-order chi connectivity index (χ1) is 15.3. The summed E-state index contributed by atoms with van der Waals surface area (Å²) in [5.41, 5.74) is 2.07. The Kier molecular flexibility index (Phi) is 7.47. The molecule has 1 fully saturated rings. The van der Waals surface area contributed by atoms with Crippen LogP contribution < -0.4 is 10.6 Å². The van der Waals surface area contributed by atoms with E-state index in [1.807, 2.05) is 10.7 Å². The van der Waals surface area contributed by atoms with Gasteiger partial charge in [0.1, 0.15) is 12.1 Å². The zero-order valence-corrected chi connectivity index (χ0v) is 18.1. The van der Waals surface area contributed by atoms with Gasteiger partial charge in [-0.2, -0.15) is 5.10 Å². The summed E-state index contributed by atoms with van der Waals surface area (Å²) >= 11 is 0. The van der Waals surface area contributed by atoms with Gasteiger partial charge in [-0.3, -0.25) is 4.79 Å². The van der Waals surface area contributed by atoms with Crippen molar-refractivity contribution in [3.05, 3.63) is 48.4 Å². The molecule has 1 saturated carbocycles. The number of aromatic nitrogens is 4. The van der Waals surface area contributed by atoms with Gasteiger partial charge in [-0.15, -0.1) is 0 Å². The van der Waals surface area contributed by atoms with Gasteiger partial charge in [-0.25, -0.2) is 14.6 Å². The summed E-state index contributed by atoms with van der Waals surface area (Å²) in [5, 5.41) is 11.8. The van der Waals surface area contributed by atoms with Crippen molar-refractivity contribution in [2.24, 2.45) is 5.92 Å². The van der Waals surface area contributed by atoms with Gasteiger partial charge in [0.15, 0.2) is 5.65 Å². The van der Waals surface area contributed by atoms with Gasteiger partial charge in [0.25, 0.3) is 0 Å². The number of fused-ring (bicyclic) bond motifs is 1. The highest BCUT2D eigenvalue weighted by atomic mass is 16.1. The summed E-state index contributed by atoms with van der Waals surface area (Å²) in [7, 11) is 0. The van der Waals surface area contributed by atoms with Crippen LogP contribution in [0.1, 0.15) is 50.5 Å². The number of carbonyl (C=O) groups excluding carboxylic acids is 1.